The van der Waals surface area contributed by atoms with Crippen LogP contribution in [0.1, 0.15) is 24.2 Å². The van der Waals surface area contributed by atoms with Crippen molar-refractivity contribution in [3.63, 3.8) is 0 Å². The molecule has 1 aliphatic heterocycles. The number of carbonyl (C=O) groups is 1. The molecular weight excluding hydrogens is 328 g/mol. The van der Waals surface area contributed by atoms with Gasteiger partial charge in [0.1, 0.15) is 5.75 Å². The largest absolute Gasteiger partial charge is 0.493 e. The number of aromatic nitrogens is 2. The highest BCUT2D eigenvalue weighted by molar-refractivity contribution is 5.76. The zero-order valence-corrected chi connectivity index (χ0v) is 15.3. The molecule has 3 rings (SSSR count). The van der Waals surface area contributed by atoms with Gasteiger partial charge in [0.15, 0.2) is 0 Å². The Kier molecular flexibility index (Phi) is 6.55. The topological polar surface area (TPSA) is 58.6 Å². The molecule has 1 aromatic heterocycles. The van der Waals surface area contributed by atoms with Crippen LogP contribution in [0.3, 0.4) is 0 Å². The third-order valence-electron chi connectivity index (χ3n) is 4.49. The summed E-state index contributed by atoms with van der Waals surface area (Å²) in [6.45, 7) is 6.53. The first-order chi connectivity index (χ1) is 12.7. The van der Waals surface area contributed by atoms with Gasteiger partial charge >= 0.3 is 0 Å². The number of para-hydroxylation sites is 1. The van der Waals surface area contributed by atoms with Crippen LogP contribution in [0.2, 0.25) is 0 Å². The zero-order chi connectivity index (χ0) is 18.2. The first-order valence-electron chi connectivity index (χ1n) is 9.16. The normalized spacial score (nSPS) is 15.5. The van der Waals surface area contributed by atoms with Crippen LogP contribution < -0.4 is 4.74 Å². The van der Waals surface area contributed by atoms with Gasteiger partial charge in [0.05, 0.1) is 24.4 Å². The lowest BCUT2D eigenvalue weighted by Gasteiger charge is -2.22. The summed E-state index contributed by atoms with van der Waals surface area (Å²) in [4.78, 5) is 25.5. The molecule has 0 spiro atoms. The van der Waals surface area contributed by atoms with Crippen molar-refractivity contribution in [2.75, 3.05) is 32.8 Å². The van der Waals surface area contributed by atoms with Gasteiger partial charge in [-0.1, -0.05) is 18.2 Å². The van der Waals surface area contributed by atoms with Gasteiger partial charge < -0.3 is 9.64 Å². The number of aryl methyl sites for hydroxylation is 1. The fourth-order valence-electron chi connectivity index (χ4n) is 3.04. The lowest BCUT2D eigenvalue weighted by molar-refractivity contribution is -0.131. The molecule has 2 heterocycles. The predicted molar refractivity (Wildman–Crippen MR) is 99.8 cm³/mol. The molecule has 0 bridgehead atoms. The monoisotopic (exact) mass is 354 g/mol. The highest BCUT2D eigenvalue weighted by atomic mass is 16.5. The van der Waals surface area contributed by atoms with Crippen LogP contribution in [-0.2, 0) is 11.3 Å². The highest BCUT2D eigenvalue weighted by Gasteiger charge is 2.19. The zero-order valence-electron chi connectivity index (χ0n) is 15.3. The number of hydrogen-bond acceptors (Lipinski definition) is 5. The van der Waals surface area contributed by atoms with Crippen molar-refractivity contribution in [1.82, 2.24) is 19.8 Å². The number of benzene rings is 1. The van der Waals surface area contributed by atoms with Crippen molar-refractivity contribution in [3.05, 3.63) is 54.1 Å². The van der Waals surface area contributed by atoms with E-state index in [0.29, 0.717) is 13.0 Å². The first kappa shape index (κ1) is 18.3. The van der Waals surface area contributed by atoms with Crippen LogP contribution >= 0.6 is 0 Å². The molecule has 2 aromatic rings. The van der Waals surface area contributed by atoms with E-state index in [-0.39, 0.29) is 5.91 Å². The maximum Gasteiger partial charge on any atom is 0.226 e. The minimum Gasteiger partial charge on any atom is -0.493 e. The number of ether oxygens (including phenoxy) is 1. The molecule has 0 radical (unpaired) electrons. The summed E-state index contributed by atoms with van der Waals surface area (Å²) in [6, 6.07) is 9.62. The lowest BCUT2D eigenvalue weighted by Crippen LogP contribution is -2.35. The van der Waals surface area contributed by atoms with Crippen LogP contribution in [0, 0.1) is 6.92 Å². The molecule has 1 aromatic carbocycles. The van der Waals surface area contributed by atoms with Gasteiger partial charge in [-0.05, 0) is 25.5 Å². The van der Waals surface area contributed by atoms with E-state index in [4.69, 9.17) is 4.74 Å². The summed E-state index contributed by atoms with van der Waals surface area (Å²) in [6.07, 6.45) is 5.03. The van der Waals surface area contributed by atoms with Gasteiger partial charge in [-0.15, -0.1) is 0 Å². The predicted octanol–water partition coefficient (Wildman–Crippen LogP) is 2.29. The molecule has 1 amide bonds. The minimum atomic E-state index is 0.165. The number of nitrogens with zero attached hydrogens (tertiary/aromatic N) is 4. The van der Waals surface area contributed by atoms with E-state index in [9.17, 15) is 4.79 Å². The van der Waals surface area contributed by atoms with E-state index in [2.05, 4.69) is 14.9 Å². The SMILES string of the molecule is Cc1cnc(CN2CCCN(C(=O)CCOc3ccccc3)CC2)cn1. The Bertz CT molecular complexity index is 691. The van der Waals surface area contributed by atoms with Crippen LogP contribution in [-0.4, -0.2) is 58.5 Å². The third kappa shape index (κ3) is 5.52. The standard InChI is InChI=1S/C20H26N4O2/c1-17-14-22-18(15-21-17)16-23-9-5-10-24(12-11-23)20(25)8-13-26-19-6-3-2-4-7-19/h2-4,6-7,14-15H,5,8-13,16H2,1H3. The van der Waals surface area contributed by atoms with Crippen molar-refractivity contribution in [2.45, 2.75) is 26.3 Å². The third-order valence-corrected chi connectivity index (χ3v) is 4.49. The molecule has 0 saturated carbocycles. The molecule has 0 N–H and O–H groups in total. The molecule has 0 atom stereocenters. The van der Waals surface area contributed by atoms with Gasteiger partial charge in [-0.3, -0.25) is 19.7 Å². The van der Waals surface area contributed by atoms with Crippen LogP contribution in [0.15, 0.2) is 42.7 Å². The van der Waals surface area contributed by atoms with E-state index in [1.807, 2.05) is 48.4 Å². The Morgan fingerprint density at radius 2 is 1.92 bits per heavy atom. The molecule has 1 saturated heterocycles. The van der Waals surface area contributed by atoms with Crippen molar-refractivity contribution in [3.8, 4) is 5.75 Å². The Morgan fingerprint density at radius 1 is 1.08 bits per heavy atom. The maximum absolute atomic E-state index is 12.4. The summed E-state index contributed by atoms with van der Waals surface area (Å²) in [5.41, 5.74) is 1.91. The molecule has 1 fully saturated rings. The Morgan fingerprint density at radius 3 is 2.69 bits per heavy atom. The fourth-order valence-corrected chi connectivity index (χ4v) is 3.04. The molecule has 6 heteroatoms. The Balaban J connectivity index is 1.42. The summed E-state index contributed by atoms with van der Waals surface area (Å²) in [5, 5.41) is 0. The van der Waals surface area contributed by atoms with Crippen molar-refractivity contribution < 1.29 is 9.53 Å². The van der Waals surface area contributed by atoms with Crippen LogP contribution in [0.4, 0.5) is 0 Å². The highest BCUT2D eigenvalue weighted by Crippen LogP contribution is 2.11. The summed E-state index contributed by atoms with van der Waals surface area (Å²) in [7, 11) is 0. The molecular formula is C20H26N4O2. The van der Waals surface area contributed by atoms with Crippen molar-refractivity contribution in [2.24, 2.45) is 0 Å². The van der Waals surface area contributed by atoms with E-state index in [0.717, 1.165) is 56.3 Å². The van der Waals surface area contributed by atoms with E-state index < -0.39 is 0 Å². The summed E-state index contributed by atoms with van der Waals surface area (Å²) < 4.78 is 5.64. The molecule has 138 valence electrons. The lowest BCUT2D eigenvalue weighted by atomic mass is 10.3. The first-order valence-corrected chi connectivity index (χ1v) is 9.16. The van der Waals surface area contributed by atoms with Crippen molar-refractivity contribution in [1.29, 1.82) is 0 Å². The second-order valence-corrected chi connectivity index (χ2v) is 6.57. The molecule has 0 unspecified atom stereocenters. The van der Waals surface area contributed by atoms with Crippen LogP contribution in [0.25, 0.3) is 0 Å². The Labute approximate surface area is 154 Å². The smallest absolute Gasteiger partial charge is 0.226 e. The van der Waals surface area contributed by atoms with E-state index >= 15 is 0 Å². The molecule has 6 nitrogen and oxygen atoms in total. The second kappa shape index (κ2) is 9.29. The number of hydrogen-bond donors (Lipinski definition) is 0. The molecule has 0 aliphatic carbocycles. The average molecular weight is 354 g/mol. The van der Waals surface area contributed by atoms with E-state index in [1.54, 1.807) is 6.20 Å². The van der Waals surface area contributed by atoms with Gasteiger partial charge in [0.2, 0.25) is 5.91 Å². The quantitative estimate of drug-likeness (QED) is 0.797. The second-order valence-electron chi connectivity index (χ2n) is 6.57. The van der Waals surface area contributed by atoms with E-state index in [1.165, 1.54) is 0 Å². The van der Waals surface area contributed by atoms with Crippen molar-refractivity contribution >= 4 is 5.91 Å². The van der Waals surface area contributed by atoms with Gasteiger partial charge in [0, 0.05) is 45.1 Å². The number of carbonyl (C=O) groups excluding carboxylic acids is 1. The number of rotatable bonds is 6. The van der Waals surface area contributed by atoms with Gasteiger partial charge in [-0.2, -0.15) is 0 Å². The maximum atomic E-state index is 12.4. The minimum absolute atomic E-state index is 0.165. The average Bonchev–Trinajstić information content (AvgIpc) is 2.90. The molecule has 26 heavy (non-hydrogen) atoms. The van der Waals surface area contributed by atoms with Gasteiger partial charge in [0.25, 0.3) is 0 Å². The van der Waals surface area contributed by atoms with Gasteiger partial charge in [-0.25, -0.2) is 0 Å². The Hall–Kier alpha value is -2.47. The summed E-state index contributed by atoms with van der Waals surface area (Å²) >= 11 is 0. The van der Waals surface area contributed by atoms with Crippen LogP contribution in [0.5, 0.6) is 5.75 Å². The fraction of sp³-hybridized carbons (Fsp3) is 0.450. The molecule has 1 aliphatic rings. The summed E-state index contributed by atoms with van der Waals surface area (Å²) in [5.74, 6) is 0.972. The number of amides is 1.